The lowest BCUT2D eigenvalue weighted by Gasteiger charge is -2.24. The number of Topliss-reactive ketones (excluding diaryl/α,β-unsaturated/α-hetero) is 1. The fourth-order valence-corrected chi connectivity index (χ4v) is 5.62. The maximum Gasteiger partial charge on any atom is 0.418 e. The van der Waals surface area contributed by atoms with Crippen LogP contribution in [-0.2, 0) is 27.4 Å². The molecule has 226 valence electrons. The Morgan fingerprint density at radius 1 is 0.976 bits per heavy atom. The predicted molar refractivity (Wildman–Crippen MR) is 158 cm³/mol. The number of nitrogens with one attached hydrogen (secondary N) is 1. The molecule has 1 aromatic carbocycles. The third-order valence-electron chi connectivity index (χ3n) is 6.79. The number of carbonyl (C=O) groups excluding carboxylic acids is 1. The summed E-state index contributed by atoms with van der Waals surface area (Å²) in [6, 6.07) is 11.4. The van der Waals surface area contributed by atoms with Crippen LogP contribution in [0.2, 0.25) is 0 Å². The SMILES string of the molecule is [2H]C1([2H])CCCCCCCCN(C([2H])([2H])CCC(C)=O)c2cccc(n2)S(=O)(=O)Nc2ccc(C(F)(F)F)c(n2)-c2ccccc21. The largest absolute Gasteiger partial charge is 0.418 e. The molecule has 0 spiro atoms. The lowest BCUT2D eigenvalue weighted by molar-refractivity contribution is -0.137. The number of aromatic nitrogens is 2. The fraction of sp³-hybridized carbons (Fsp3) is 0.452. The highest BCUT2D eigenvalue weighted by Crippen LogP contribution is 2.38. The summed E-state index contributed by atoms with van der Waals surface area (Å²) in [5.74, 6) is -0.599. The van der Waals surface area contributed by atoms with Gasteiger partial charge in [-0.2, -0.15) is 21.6 Å². The van der Waals surface area contributed by atoms with Gasteiger partial charge in [-0.3, -0.25) is 4.72 Å². The predicted octanol–water partition coefficient (Wildman–Crippen LogP) is 7.43. The maximum absolute atomic E-state index is 14.2. The average Bonchev–Trinajstić information content (AvgIpc) is 2.98. The number of pyridine rings is 2. The molecule has 0 unspecified atom stereocenters. The summed E-state index contributed by atoms with van der Waals surface area (Å²) in [6.45, 7) is -0.478. The molecule has 0 aliphatic carbocycles. The van der Waals surface area contributed by atoms with Crippen LogP contribution in [0.1, 0.15) is 81.3 Å². The number of sulfonamides is 1. The van der Waals surface area contributed by atoms with E-state index < -0.39 is 51.2 Å². The molecule has 1 aliphatic heterocycles. The molecule has 42 heavy (non-hydrogen) atoms. The first-order chi connectivity index (χ1) is 21.5. The second-order valence-electron chi connectivity index (χ2n) is 10.1. The molecule has 0 saturated heterocycles. The topological polar surface area (TPSA) is 92.3 Å². The highest BCUT2D eigenvalue weighted by Gasteiger charge is 2.35. The van der Waals surface area contributed by atoms with Gasteiger partial charge < -0.3 is 9.69 Å². The first-order valence-electron chi connectivity index (χ1n) is 16.0. The van der Waals surface area contributed by atoms with Crippen LogP contribution in [0, 0.1) is 0 Å². The standard InChI is InChI=1S/C31H37F3N4O3S/c1-23(39)13-12-22-38-21-10-6-4-2-3-5-7-14-24-15-8-9-16-25(24)30-26(31(32,33)34)19-20-27(35-30)37-42(40,41)29-18-11-17-28(38)36-29/h8-9,11,15-20H,2-7,10,12-14,21-22H2,1H3,(H,35,37)/i14D2,22D2. The minimum absolute atomic E-state index is 0.0240. The van der Waals surface area contributed by atoms with E-state index in [1.54, 1.807) is 6.07 Å². The van der Waals surface area contributed by atoms with Gasteiger partial charge in [0, 0.05) is 30.5 Å². The maximum atomic E-state index is 14.2. The van der Waals surface area contributed by atoms with Gasteiger partial charge in [-0.05, 0) is 62.4 Å². The molecule has 0 radical (unpaired) electrons. The van der Waals surface area contributed by atoms with Gasteiger partial charge in [-0.25, -0.2) is 9.97 Å². The molecule has 11 heteroatoms. The number of rotatable bonds is 4. The molecule has 2 aromatic heterocycles. The van der Waals surface area contributed by atoms with Crippen molar-refractivity contribution >= 4 is 27.4 Å². The van der Waals surface area contributed by atoms with Crippen molar-refractivity contribution in [3.05, 3.63) is 65.7 Å². The molecular weight excluding hydrogens is 565 g/mol. The highest BCUT2D eigenvalue weighted by molar-refractivity contribution is 7.92. The second kappa shape index (κ2) is 14.1. The average molecular weight is 607 g/mol. The number of benzene rings is 1. The lowest BCUT2D eigenvalue weighted by atomic mass is 9.96. The van der Waals surface area contributed by atoms with E-state index >= 15 is 0 Å². The number of hydrogen-bond acceptors (Lipinski definition) is 6. The van der Waals surface area contributed by atoms with Crippen molar-refractivity contribution < 1.29 is 31.9 Å². The first-order valence-corrected chi connectivity index (χ1v) is 15.4. The zero-order valence-electron chi connectivity index (χ0n) is 27.4. The summed E-state index contributed by atoms with van der Waals surface area (Å²) in [5.41, 5.74) is -1.84. The number of alkyl halides is 3. The monoisotopic (exact) mass is 606 g/mol. The number of anilines is 2. The molecule has 7 nitrogen and oxygen atoms in total. The van der Waals surface area contributed by atoms with Crippen molar-refractivity contribution in [3.63, 3.8) is 0 Å². The Labute approximate surface area is 251 Å². The Hall–Kier alpha value is -3.47. The zero-order chi connectivity index (χ0) is 33.8. The number of fused-ring (bicyclic) bond motifs is 6. The fourth-order valence-electron chi connectivity index (χ4n) is 4.65. The summed E-state index contributed by atoms with van der Waals surface area (Å²) in [6.07, 6.45) is -2.96. The van der Waals surface area contributed by atoms with Gasteiger partial charge in [0.05, 0.1) is 11.3 Å². The summed E-state index contributed by atoms with van der Waals surface area (Å²) in [7, 11) is -4.53. The number of ketones is 1. The molecule has 0 atom stereocenters. The van der Waals surface area contributed by atoms with E-state index in [0.717, 1.165) is 25.3 Å². The van der Waals surface area contributed by atoms with Gasteiger partial charge in [-0.1, -0.05) is 62.4 Å². The molecular formula is C31H37F3N4O3S. The van der Waals surface area contributed by atoms with E-state index in [1.165, 1.54) is 48.2 Å². The summed E-state index contributed by atoms with van der Waals surface area (Å²) in [4.78, 5) is 21.3. The highest BCUT2D eigenvalue weighted by atomic mass is 32.2. The van der Waals surface area contributed by atoms with Crippen molar-refractivity contribution in [2.75, 3.05) is 22.7 Å². The summed E-state index contributed by atoms with van der Waals surface area (Å²) >= 11 is 0. The molecule has 0 amide bonds. The number of hydrogen-bond donors (Lipinski definition) is 1. The van der Waals surface area contributed by atoms with Crippen LogP contribution in [0.15, 0.2) is 59.6 Å². The van der Waals surface area contributed by atoms with Gasteiger partial charge in [0.25, 0.3) is 10.0 Å². The van der Waals surface area contributed by atoms with Crippen LogP contribution >= 0.6 is 0 Å². The lowest BCUT2D eigenvalue weighted by Crippen LogP contribution is -2.28. The van der Waals surface area contributed by atoms with Gasteiger partial charge >= 0.3 is 6.18 Å². The molecule has 4 rings (SSSR count). The number of aryl methyl sites for hydroxylation is 1. The van der Waals surface area contributed by atoms with Gasteiger partial charge in [0.2, 0.25) is 0 Å². The van der Waals surface area contributed by atoms with Crippen molar-refractivity contribution in [3.8, 4) is 11.3 Å². The van der Waals surface area contributed by atoms with Crippen molar-refractivity contribution in [2.24, 2.45) is 0 Å². The minimum atomic E-state index is -4.87. The Bertz CT molecular complexity index is 1660. The van der Waals surface area contributed by atoms with Crippen LogP contribution in [0.5, 0.6) is 0 Å². The van der Waals surface area contributed by atoms with Crippen LogP contribution in [-0.4, -0.2) is 37.2 Å². The quantitative estimate of drug-likeness (QED) is 0.332. The molecule has 3 aromatic rings. The van der Waals surface area contributed by atoms with Crippen molar-refractivity contribution in [1.82, 2.24) is 9.97 Å². The van der Waals surface area contributed by atoms with Crippen molar-refractivity contribution in [1.29, 1.82) is 0 Å². The van der Waals surface area contributed by atoms with E-state index in [4.69, 9.17) is 5.48 Å². The first kappa shape index (κ1) is 26.2. The van der Waals surface area contributed by atoms with E-state index in [9.17, 15) is 26.4 Å². The summed E-state index contributed by atoms with van der Waals surface area (Å²) in [5, 5.41) is -0.508. The van der Waals surface area contributed by atoms with Crippen LogP contribution in [0.3, 0.4) is 0 Å². The summed E-state index contributed by atoms with van der Waals surface area (Å²) < 4.78 is 107. The number of carbonyl (C=O) groups is 1. The Morgan fingerprint density at radius 3 is 2.43 bits per heavy atom. The zero-order valence-corrected chi connectivity index (χ0v) is 24.2. The number of halogens is 3. The van der Waals surface area contributed by atoms with Crippen molar-refractivity contribution in [2.45, 2.75) is 82.3 Å². The van der Waals surface area contributed by atoms with E-state index in [2.05, 4.69) is 14.7 Å². The Balaban J connectivity index is 1.83. The molecule has 0 fully saturated rings. The van der Waals surface area contributed by atoms with Gasteiger partial charge in [0.15, 0.2) is 5.03 Å². The Kier molecular flexibility index (Phi) is 8.81. The number of nitrogens with zero attached hydrogens (tertiary/aromatic N) is 3. The van der Waals surface area contributed by atoms with Crippen LogP contribution in [0.25, 0.3) is 11.3 Å². The van der Waals surface area contributed by atoms with E-state index in [-0.39, 0.29) is 48.5 Å². The molecule has 3 heterocycles. The van der Waals surface area contributed by atoms with Gasteiger partial charge in [0.1, 0.15) is 17.4 Å². The van der Waals surface area contributed by atoms with E-state index in [0.29, 0.717) is 25.3 Å². The van der Waals surface area contributed by atoms with Gasteiger partial charge in [-0.15, -0.1) is 0 Å². The molecule has 4 bridgehead atoms. The third kappa shape index (κ3) is 8.53. The minimum Gasteiger partial charge on any atom is -0.357 e. The van der Waals surface area contributed by atoms with Crippen LogP contribution < -0.4 is 9.62 Å². The molecule has 0 saturated carbocycles. The Morgan fingerprint density at radius 2 is 1.69 bits per heavy atom. The normalized spacial score (nSPS) is 19.6. The molecule has 1 N–H and O–H groups in total. The third-order valence-corrected chi connectivity index (χ3v) is 8.04. The smallest absolute Gasteiger partial charge is 0.357 e. The van der Waals surface area contributed by atoms with Crippen LogP contribution in [0.4, 0.5) is 24.8 Å². The second-order valence-corrected chi connectivity index (χ2v) is 11.8. The molecule has 1 aliphatic rings. The van der Waals surface area contributed by atoms with E-state index in [1.807, 2.05) is 0 Å².